The van der Waals surface area contributed by atoms with Crippen LogP contribution in [0.1, 0.15) is 23.6 Å². The van der Waals surface area contributed by atoms with Crippen molar-refractivity contribution in [2.45, 2.75) is 18.1 Å². The number of methoxy groups -OCH3 is 1. The number of carboxylic acids is 1. The molecule has 2 aromatic carbocycles. The minimum atomic E-state index is -1.59. The van der Waals surface area contributed by atoms with Crippen molar-refractivity contribution < 1.29 is 19.4 Å². The summed E-state index contributed by atoms with van der Waals surface area (Å²) >= 11 is 6.00. The standard InChI is InChI=1S/C20H16ClN3O4/c1-27-14-4-2-3-12-13-9-20(19(25)26,28-17(12)14)15-16(23-24-18(15)22-13)10-5-7-11(21)8-6-10/h2-8,13H,9H2,1H3,(H,25,26)(H2,22,23,24). The van der Waals surface area contributed by atoms with Crippen LogP contribution in [0.5, 0.6) is 11.5 Å². The van der Waals surface area contributed by atoms with E-state index in [9.17, 15) is 9.90 Å². The van der Waals surface area contributed by atoms with E-state index >= 15 is 0 Å². The van der Waals surface area contributed by atoms with Crippen LogP contribution in [0.2, 0.25) is 5.02 Å². The van der Waals surface area contributed by atoms with Gasteiger partial charge in [0.05, 0.1) is 24.4 Å². The van der Waals surface area contributed by atoms with Crippen LogP contribution in [-0.2, 0) is 10.4 Å². The summed E-state index contributed by atoms with van der Waals surface area (Å²) in [4.78, 5) is 12.5. The highest BCUT2D eigenvalue weighted by Gasteiger charge is 2.56. The number of hydrogen-bond acceptors (Lipinski definition) is 5. The van der Waals surface area contributed by atoms with Gasteiger partial charge in [0.1, 0.15) is 0 Å². The van der Waals surface area contributed by atoms with Gasteiger partial charge in [0.25, 0.3) is 0 Å². The molecule has 0 aliphatic carbocycles. The number of hydrogen-bond donors (Lipinski definition) is 3. The van der Waals surface area contributed by atoms with Crippen molar-refractivity contribution in [1.82, 2.24) is 10.2 Å². The van der Waals surface area contributed by atoms with Gasteiger partial charge in [-0.05, 0) is 18.2 Å². The summed E-state index contributed by atoms with van der Waals surface area (Å²) in [6.45, 7) is 0. The lowest BCUT2D eigenvalue weighted by Crippen LogP contribution is -2.50. The molecule has 2 aliphatic rings. The number of aliphatic carboxylic acids is 1. The highest BCUT2D eigenvalue weighted by molar-refractivity contribution is 6.30. The first kappa shape index (κ1) is 16.9. The van der Waals surface area contributed by atoms with Crippen molar-refractivity contribution in [3.63, 3.8) is 0 Å². The topological polar surface area (TPSA) is 96.5 Å². The average Bonchev–Trinajstić information content (AvgIpc) is 3.12. The molecule has 5 rings (SSSR count). The second-order valence-electron chi connectivity index (χ2n) is 6.84. The molecule has 0 spiro atoms. The number of aromatic amines is 1. The SMILES string of the molecule is COc1cccc2c1OC1(C(=O)O)CC2Nc2n[nH]c(-c3ccc(Cl)cc3)c21. The fourth-order valence-electron chi connectivity index (χ4n) is 4.04. The second kappa shape index (κ2) is 5.90. The number of rotatable bonds is 3. The van der Waals surface area contributed by atoms with E-state index in [0.717, 1.165) is 11.1 Å². The van der Waals surface area contributed by atoms with Gasteiger partial charge in [-0.1, -0.05) is 35.9 Å². The van der Waals surface area contributed by atoms with E-state index in [0.29, 0.717) is 33.6 Å². The van der Waals surface area contributed by atoms with Gasteiger partial charge >= 0.3 is 5.97 Å². The van der Waals surface area contributed by atoms with Crippen molar-refractivity contribution >= 4 is 23.4 Å². The van der Waals surface area contributed by atoms with Gasteiger partial charge in [-0.25, -0.2) is 4.79 Å². The van der Waals surface area contributed by atoms with Gasteiger partial charge in [-0.2, -0.15) is 5.10 Å². The molecule has 7 nitrogen and oxygen atoms in total. The van der Waals surface area contributed by atoms with Gasteiger partial charge in [-0.15, -0.1) is 0 Å². The molecule has 0 fully saturated rings. The largest absolute Gasteiger partial charge is 0.493 e. The Morgan fingerprint density at radius 1 is 1.32 bits per heavy atom. The first-order chi connectivity index (χ1) is 13.5. The molecule has 2 aliphatic heterocycles. The Morgan fingerprint density at radius 2 is 2.11 bits per heavy atom. The third-order valence-electron chi connectivity index (χ3n) is 5.33. The maximum Gasteiger partial charge on any atom is 0.353 e. The van der Waals surface area contributed by atoms with Gasteiger partial charge < -0.3 is 19.9 Å². The molecule has 0 radical (unpaired) electrons. The number of carbonyl (C=O) groups is 1. The predicted molar refractivity (Wildman–Crippen MR) is 103 cm³/mol. The molecule has 3 aromatic rings. The van der Waals surface area contributed by atoms with Gasteiger partial charge in [0.15, 0.2) is 17.3 Å². The van der Waals surface area contributed by atoms with Gasteiger partial charge in [0, 0.05) is 22.6 Å². The van der Waals surface area contributed by atoms with Crippen LogP contribution in [0.15, 0.2) is 42.5 Å². The summed E-state index contributed by atoms with van der Waals surface area (Å²) in [6, 6.07) is 12.4. The fraction of sp³-hybridized carbons (Fsp3) is 0.200. The molecule has 0 saturated heterocycles. The molecule has 0 amide bonds. The Morgan fingerprint density at radius 3 is 2.82 bits per heavy atom. The molecule has 142 valence electrons. The number of ether oxygens (including phenoxy) is 2. The lowest BCUT2D eigenvalue weighted by molar-refractivity contribution is -0.159. The van der Waals surface area contributed by atoms with Crippen LogP contribution in [0.3, 0.4) is 0 Å². The molecule has 2 atom stereocenters. The van der Waals surface area contributed by atoms with Crippen LogP contribution in [0, 0.1) is 0 Å². The van der Waals surface area contributed by atoms with E-state index in [4.69, 9.17) is 21.1 Å². The zero-order valence-corrected chi connectivity index (χ0v) is 15.6. The Hall–Kier alpha value is -3.19. The summed E-state index contributed by atoms with van der Waals surface area (Å²) in [5.74, 6) is 0.324. The number of anilines is 1. The summed E-state index contributed by atoms with van der Waals surface area (Å²) < 4.78 is 11.6. The molecule has 0 saturated carbocycles. The number of aromatic nitrogens is 2. The highest BCUT2D eigenvalue weighted by Crippen LogP contribution is 2.55. The molecule has 3 heterocycles. The predicted octanol–water partition coefficient (Wildman–Crippen LogP) is 3.97. The molecule has 2 unspecified atom stereocenters. The van der Waals surface area contributed by atoms with Crippen LogP contribution < -0.4 is 14.8 Å². The Labute approximate surface area is 165 Å². The Balaban J connectivity index is 1.73. The quantitative estimate of drug-likeness (QED) is 0.618. The summed E-state index contributed by atoms with van der Waals surface area (Å²) in [5.41, 5.74) is 1.08. The average molecular weight is 398 g/mol. The molecule has 1 aromatic heterocycles. The van der Waals surface area contributed by atoms with Gasteiger partial charge in [-0.3, -0.25) is 5.10 Å². The molecule has 8 heteroatoms. The van der Waals surface area contributed by atoms with Crippen molar-refractivity contribution in [3.8, 4) is 22.8 Å². The van der Waals surface area contributed by atoms with Crippen LogP contribution >= 0.6 is 11.6 Å². The number of nitrogens with one attached hydrogen (secondary N) is 2. The van der Waals surface area contributed by atoms with Crippen molar-refractivity contribution in [3.05, 3.63) is 58.6 Å². The number of halogens is 1. The van der Waals surface area contributed by atoms with Crippen LogP contribution in [0.4, 0.5) is 5.82 Å². The van der Waals surface area contributed by atoms with E-state index in [-0.39, 0.29) is 12.5 Å². The third kappa shape index (κ3) is 2.23. The number of fused-ring (bicyclic) bond motifs is 6. The number of H-pyrrole nitrogens is 1. The van der Waals surface area contributed by atoms with Crippen LogP contribution in [-0.4, -0.2) is 28.4 Å². The van der Waals surface area contributed by atoms with E-state index < -0.39 is 11.6 Å². The smallest absolute Gasteiger partial charge is 0.353 e. The molecular weight excluding hydrogens is 382 g/mol. The lowest BCUT2D eigenvalue weighted by Gasteiger charge is -2.43. The zero-order chi connectivity index (χ0) is 19.5. The van der Waals surface area contributed by atoms with E-state index in [1.54, 1.807) is 18.2 Å². The molecule has 28 heavy (non-hydrogen) atoms. The first-order valence-corrected chi connectivity index (χ1v) is 9.12. The normalized spacial score (nSPS) is 21.7. The number of benzene rings is 2. The first-order valence-electron chi connectivity index (χ1n) is 8.74. The lowest BCUT2D eigenvalue weighted by atomic mass is 9.78. The van der Waals surface area contributed by atoms with E-state index in [1.165, 1.54) is 7.11 Å². The third-order valence-corrected chi connectivity index (χ3v) is 5.58. The molecule has 2 bridgehead atoms. The summed E-state index contributed by atoms with van der Waals surface area (Å²) in [6.07, 6.45) is 0.232. The number of nitrogens with zero attached hydrogens (tertiary/aromatic N) is 1. The highest BCUT2D eigenvalue weighted by atomic mass is 35.5. The maximum absolute atomic E-state index is 12.5. The maximum atomic E-state index is 12.5. The minimum absolute atomic E-state index is 0.232. The summed E-state index contributed by atoms with van der Waals surface area (Å²) in [5, 5.41) is 21.5. The van der Waals surface area contributed by atoms with Crippen LogP contribution in [0.25, 0.3) is 11.3 Å². The Kier molecular flexibility index (Phi) is 3.57. The molecular formula is C20H16ClN3O4. The number of para-hydroxylation sites is 1. The monoisotopic (exact) mass is 397 g/mol. The van der Waals surface area contributed by atoms with Crippen molar-refractivity contribution in [1.29, 1.82) is 0 Å². The second-order valence-corrected chi connectivity index (χ2v) is 7.28. The van der Waals surface area contributed by atoms with Gasteiger partial charge in [0.2, 0.25) is 5.60 Å². The van der Waals surface area contributed by atoms with E-state index in [1.807, 2.05) is 24.3 Å². The minimum Gasteiger partial charge on any atom is -0.493 e. The summed E-state index contributed by atoms with van der Waals surface area (Å²) in [7, 11) is 1.53. The van der Waals surface area contributed by atoms with E-state index in [2.05, 4.69) is 15.5 Å². The fourth-order valence-corrected chi connectivity index (χ4v) is 4.17. The van der Waals surface area contributed by atoms with Crippen molar-refractivity contribution in [2.24, 2.45) is 0 Å². The number of carboxylic acid groups (broad SMARTS) is 1. The zero-order valence-electron chi connectivity index (χ0n) is 14.8. The van der Waals surface area contributed by atoms with Crippen molar-refractivity contribution in [2.75, 3.05) is 12.4 Å². The molecule has 3 N–H and O–H groups in total. The Bertz CT molecular complexity index is 1100.